The van der Waals surface area contributed by atoms with Crippen molar-refractivity contribution in [2.75, 3.05) is 0 Å². The Bertz CT molecular complexity index is 331. The summed E-state index contributed by atoms with van der Waals surface area (Å²) < 4.78 is 12.6. The zero-order chi connectivity index (χ0) is 10.6. The Morgan fingerprint density at radius 3 is 2.93 bits per heavy atom. The molecule has 1 atom stereocenters. The molecule has 0 saturated heterocycles. The molecule has 2 heteroatoms. The first-order valence-electron chi connectivity index (χ1n) is 4.75. The summed E-state index contributed by atoms with van der Waals surface area (Å²) in [6.07, 6.45) is 6.09. The van der Waals surface area contributed by atoms with Gasteiger partial charge in [-0.25, -0.2) is 0 Å². The summed E-state index contributed by atoms with van der Waals surface area (Å²) in [5.74, 6) is -0.178. The molecule has 0 aliphatic heterocycles. The highest BCUT2D eigenvalue weighted by Gasteiger charge is 2.13. The molecular weight excluding hydrogens is 177 g/mol. The van der Waals surface area contributed by atoms with Crippen molar-refractivity contribution in [3.63, 3.8) is 0 Å². The molecule has 1 aliphatic carbocycles. The molecule has 1 rings (SSSR count). The van der Waals surface area contributed by atoms with E-state index >= 15 is 0 Å². The summed E-state index contributed by atoms with van der Waals surface area (Å²) in [5, 5.41) is 8.27. The van der Waals surface area contributed by atoms with Gasteiger partial charge < -0.3 is 0 Å². The van der Waals surface area contributed by atoms with Gasteiger partial charge in [-0.3, -0.25) is 0 Å². The summed E-state index contributed by atoms with van der Waals surface area (Å²) >= 11 is 0. The fourth-order valence-electron chi connectivity index (χ4n) is 1.63. The molecule has 0 aromatic carbocycles. The number of allylic oxidation sites excluding steroid dienone is 5. The molecule has 0 amide bonds. The smallest absolute Gasteiger partial charge is 0.195 e. The minimum atomic E-state index is -0.704. The van der Waals surface area contributed by atoms with Crippen LogP contribution in [-0.2, 0) is 0 Å². The summed E-state index contributed by atoms with van der Waals surface area (Å²) in [4.78, 5) is 0. The number of nitriles is 1. The highest BCUT2D eigenvalue weighted by molar-refractivity contribution is 5.29. The highest BCUT2D eigenvalue weighted by atomic mass is 19.1. The van der Waals surface area contributed by atoms with Gasteiger partial charge in [0.05, 0.1) is 0 Å². The van der Waals surface area contributed by atoms with Crippen LogP contribution in [-0.4, -0.2) is 0 Å². The Morgan fingerprint density at radius 1 is 1.79 bits per heavy atom. The lowest BCUT2D eigenvalue weighted by Crippen LogP contribution is -2.05. The van der Waals surface area contributed by atoms with E-state index in [0.29, 0.717) is 5.92 Å². The second-order valence-electron chi connectivity index (χ2n) is 3.70. The van der Waals surface area contributed by atoms with Crippen molar-refractivity contribution in [2.45, 2.75) is 26.2 Å². The van der Waals surface area contributed by atoms with E-state index in [-0.39, 0.29) is 0 Å². The van der Waals surface area contributed by atoms with Gasteiger partial charge in [-0.1, -0.05) is 18.2 Å². The quantitative estimate of drug-likeness (QED) is 0.482. The maximum atomic E-state index is 12.6. The van der Waals surface area contributed by atoms with Gasteiger partial charge in [-0.15, -0.1) is 0 Å². The van der Waals surface area contributed by atoms with Crippen LogP contribution in [0, 0.1) is 17.2 Å². The first-order chi connectivity index (χ1) is 6.63. The molecule has 74 valence electrons. The van der Waals surface area contributed by atoms with Crippen LogP contribution in [0.15, 0.2) is 35.7 Å². The lowest BCUT2D eigenvalue weighted by Gasteiger charge is -2.20. The summed E-state index contributed by atoms with van der Waals surface area (Å²) in [6.45, 7) is 5.93. The van der Waals surface area contributed by atoms with Gasteiger partial charge in [-0.05, 0) is 43.8 Å². The molecule has 0 aromatic rings. The molecule has 0 aromatic heterocycles. The summed E-state index contributed by atoms with van der Waals surface area (Å²) in [7, 11) is 0. The average molecular weight is 191 g/mol. The normalized spacial score (nSPS) is 22.5. The topological polar surface area (TPSA) is 23.8 Å². The van der Waals surface area contributed by atoms with Gasteiger partial charge in [0.2, 0.25) is 0 Å². The van der Waals surface area contributed by atoms with Crippen molar-refractivity contribution in [3.8, 4) is 6.07 Å². The Labute approximate surface area is 84.2 Å². The van der Waals surface area contributed by atoms with E-state index < -0.39 is 5.83 Å². The van der Waals surface area contributed by atoms with Crippen LogP contribution in [0.5, 0.6) is 0 Å². The number of halogens is 1. The van der Waals surface area contributed by atoms with Crippen LogP contribution in [0.25, 0.3) is 0 Å². The molecule has 0 spiro atoms. The zero-order valence-corrected chi connectivity index (χ0v) is 8.39. The van der Waals surface area contributed by atoms with Gasteiger partial charge in [0.1, 0.15) is 6.07 Å². The van der Waals surface area contributed by atoms with Crippen LogP contribution >= 0.6 is 0 Å². The lowest BCUT2D eigenvalue weighted by molar-refractivity contribution is 0.543. The van der Waals surface area contributed by atoms with Crippen molar-refractivity contribution in [1.82, 2.24) is 0 Å². The van der Waals surface area contributed by atoms with Crippen molar-refractivity contribution in [2.24, 2.45) is 5.92 Å². The van der Waals surface area contributed by atoms with E-state index in [1.165, 1.54) is 17.7 Å². The Morgan fingerprint density at radius 2 is 2.50 bits per heavy atom. The third kappa shape index (κ3) is 2.85. The first-order valence-corrected chi connectivity index (χ1v) is 4.75. The minimum Gasteiger partial charge on any atom is -0.195 e. The van der Waals surface area contributed by atoms with Gasteiger partial charge in [0, 0.05) is 0 Å². The molecule has 0 saturated carbocycles. The van der Waals surface area contributed by atoms with Crippen LogP contribution < -0.4 is 0 Å². The Hall–Kier alpha value is -1.36. The number of nitrogens with zero attached hydrogens (tertiary/aromatic N) is 1. The predicted molar refractivity (Wildman–Crippen MR) is 55.0 cm³/mol. The summed E-state index contributed by atoms with van der Waals surface area (Å²) in [6, 6.07) is 1.48. The van der Waals surface area contributed by atoms with Crippen molar-refractivity contribution < 1.29 is 4.39 Å². The monoisotopic (exact) mass is 191 g/mol. The van der Waals surface area contributed by atoms with Gasteiger partial charge in [0.15, 0.2) is 5.83 Å². The maximum absolute atomic E-state index is 12.6. The number of rotatable bonds is 2. The van der Waals surface area contributed by atoms with Crippen LogP contribution in [0.3, 0.4) is 0 Å². The van der Waals surface area contributed by atoms with E-state index in [9.17, 15) is 4.39 Å². The Balaban J connectivity index is 2.63. The molecule has 0 heterocycles. The fraction of sp³-hybridized carbons (Fsp3) is 0.417. The lowest BCUT2D eigenvalue weighted by atomic mass is 9.85. The molecule has 1 aliphatic rings. The molecule has 0 bridgehead atoms. The number of hydrogen-bond donors (Lipinski definition) is 0. The van der Waals surface area contributed by atoms with E-state index in [1.54, 1.807) is 0 Å². The standard InChI is InChI=1S/C12H14FN/c1-9(2)11-5-3-10(4-6-11)7-12(13)8-14/h3,7,11H,1,4-6H2,2H3/b12-7-. The van der Waals surface area contributed by atoms with E-state index in [2.05, 4.69) is 6.58 Å². The van der Waals surface area contributed by atoms with Crippen LogP contribution in [0.2, 0.25) is 0 Å². The molecule has 14 heavy (non-hydrogen) atoms. The van der Waals surface area contributed by atoms with E-state index in [4.69, 9.17) is 5.26 Å². The SMILES string of the molecule is C=C(C)C1CC=C(/C=C(\F)C#N)CC1. The molecule has 1 nitrogen and oxygen atoms in total. The molecule has 0 N–H and O–H groups in total. The van der Waals surface area contributed by atoms with E-state index in [0.717, 1.165) is 24.8 Å². The summed E-state index contributed by atoms with van der Waals surface area (Å²) in [5.41, 5.74) is 2.12. The second-order valence-corrected chi connectivity index (χ2v) is 3.70. The third-order valence-corrected chi connectivity index (χ3v) is 2.56. The first kappa shape index (κ1) is 10.7. The minimum absolute atomic E-state index is 0.525. The van der Waals surface area contributed by atoms with Gasteiger partial charge in [-0.2, -0.15) is 9.65 Å². The maximum Gasteiger partial charge on any atom is 0.200 e. The van der Waals surface area contributed by atoms with Crippen molar-refractivity contribution >= 4 is 0 Å². The van der Waals surface area contributed by atoms with Crippen LogP contribution in [0.4, 0.5) is 4.39 Å². The van der Waals surface area contributed by atoms with Crippen molar-refractivity contribution in [3.05, 3.63) is 35.7 Å². The second kappa shape index (κ2) is 4.76. The molecular formula is C12H14FN. The molecule has 0 radical (unpaired) electrons. The Kier molecular flexibility index (Phi) is 3.64. The van der Waals surface area contributed by atoms with Gasteiger partial charge >= 0.3 is 0 Å². The average Bonchev–Trinajstić information content (AvgIpc) is 2.18. The number of hydrogen-bond acceptors (Lipinski definition) is 1. The van der Waals surface area contributed by atoms with Crippen molar-refractivity contribution in [1.29, 1.82) is 5.26 Å². The highest BCUT2D eigenvalue weighted by Crippen LogP contribution is 2.29. The predicted octanol–water partition coefficient (Wildman–Crippen LogP) is 3.67. The zero-order valence-electron chi connectivity index (χ0n) is 8.39. The van der Waals surface area contributed by atoms with Crippen LogP contribution in [0.1, 0.15) is 26.2 Å². The molecule has 0 fully saturated rings. The van der Waals surface area contributed by atoms with Gasteiger partial charge in [0.25, 0.3) is 0 Å². The fourth-order valence-corrected chi connectivity index (χ4v) is 1.63. The third-order valence-electron chi connectivity index (χ3n) is 2.56. The largest absolute Gasteiger partial charge is 0.200 e. The molecule has 1 unspecified atom stereocenters. The van der Waals surface area contributed by atoms with E-state index in [1.807, 2.05) is 13.0 Å².